The van der Waals surface area contributed by atoms with Crippen molar-refractivity contribution < 1.29 is 9.53 Å². The maximum atomic E-state index is 12.9. The molecule has 0 radical (unpaired) electrons. The zero-order valence-corrected chi connectivity index (χ0v) is 17.5. The number of nitrogens with one attached hydrogen (secondary N) is 1. The number of amides is 1. The molecule has 2 aliphatic rings. The van der Waals surface area contributed by atoms with E-state index in [0.29, 0.717) is 19.1 Å². The summed E-state index contributed by atoms with van der Waals surface area (Å²) in [5, 5.41) is 2.96. The van der Waals surface area contributed by atoms with E-state index in [2.05, 4.69) is 43.6 Å². The Balaban J connectivity index is 1.45. The number of fused-ring (bicyclic) bond motifs is 2. The standard InChI is InChI=1S/C21H30N6O2/c1-4-16(3)26-8-5-21(6-9-26)20-22-7-10-27(20)14-18(29-21)19(28)25-13-17-12-23-15(2)11-24-17/h7,10-12,16,18H,4-6,8-9,13-14H2,1-3H3,(H,25,28). The van der Waals surface area contributed by atoms with Crippen molar-refractivity contribution in [2.24, 2.45) is 0 Å². The van der Waals surface area contributed by atoms with Crippen molar-refractivity contribution in [3.05, 3.63) is 42.0 Å². The Hall–Kier alpha value is -2.32. The normalized spacial score (nSPS) is 22.2. The van der Waals surface area contributed by atoms with Crippen molar-refractivity contribution in [2.75, 3.05) is 13.1 Å². The van der Waals surface area contributed by atoms with Crippen molar-refractivity contribution in [1.82, 2.24) is 29.7 Å². The van der Waals surface area contributed by atoms with Crippen LogP contribution in [0.4, 0.5) is 0 Å². The smallest absolute Gasteiger partial charge is 0.251 e. The van der Waals surface area contributed by atoms with E-state index in [-0.39, 0.29) is 5.91 Å². The lowest BCUT2D eigenvalue weighted by Crippen LogP contribution is -2.55. The molecule has 0 bridgehead atoms. The number of piperidine rings is 1. The first-order valence-corrected chi connectivity index (χ1v) is 10.5. The van der Waals surface area contributed by atoms with Crippen molar-refractivity contribution in [3.63, 3.8) is 0 Å². The summed E-state index contributed by atoms with van der Waals surface area (Å²) in [7, 11) is 0. The van der Waals surface area contributed by atoms with Crippen LogP contribution in [0.15, 0.2) is 24.8 Å². The molecule has 4 heterocycles. The van der Waals surface area contributed by atoms with Gasteiger partial charge < -0.3 is 19.5 Å². The van der Waals surface area contributed by atoms with Crippen LogP contribution in [-0.2, 0) is 28.2 Å². The van der Waals surface area contributed by atoms with Crippen LogP contribution in [0.25, 0.3) is 0 Å². The minimum Gasteiger partial charge on any atom is -0.352 e. The molecule has 2 aliphatic heterocycles. The molecule has 1 N–H and O–H groups in total. The highest BCUT2D eigenvalue weighted by atomic mass is 16.5. The Bertz CT molecular complexity index is 841. The van der Waals surface area contributed by atoms with Gasteiger partial charge in [-0.2, -0.15) is 0 Å². The summed E-state index contributed by atoms with van der Waals surface area (Å²) in [5.41, 5.74) is 1.10. The molecule has 1 saturated heterocycles. The Morgan fingerprint density at radius 3 is 2.79 bits per heavy atom. The van der Waals surface area contributed by atoms with E-state index in [1.165, 1.54) is 0 Å². The average Bonchev–Trinajstić information content (AvgIpc) is 3.23. The molecule has 0 aliphatic carbocycles. The van der Waals surface area contributed by atoms with Crippen LogP contribution in [0.3, 0.4) is 0 Å². The predicted molar refractivity (Wildman–Crippen MR) is 108 cm³/mol. The van der Waals surface area contributed by atoms with Gasteiger partial charge >= 0.3 is 0 Å². The molecule has 1 spiro atoms. The molecule has 0 saturated carbocycles. The highest BCUT2D eigenvalue weighted by Gasteiger charge is 2.47. The molecule has 8 nitrogen and oxygen atoms in total. The Kier molecular flexibility index (Phi) is 5.65. The number of rotatable bonds is 5. The number of likely N-dealkylation sites (tertiary alicyclic amines) is 1. The summed E-state index contributed by atoms with van der Waals surface area (Å²) in [6.45, 7) is 9.11. The van der Waals surface area contributed by atoms with Crippen molar-refractivity contribution in [2.45, 2.75) is 70.9 Å². The predicted octanol–water partition coefficient (Wildman–Crippen LogP) is 1.79. The van der Waals surface area contributed by atoms with Crippen molar-refractivity contribution in [3.8, 4) is 0 Å². The Morgan fingerprint density at radius 2 is 2.10 bits per heavy atom. The van der Waals surface area contributed by atoms with Gasteiger partial charge in [-0.3, -0.25) is 14.8 Å². The summed E-state index contributed by atoms with van der Waals surface area (Å²) in [4.78, 5) is 28.5. The number of carbonyl (C=O) groups excluding carboxylic acids is 1. The second kappa shape index (κ2) is 8.20. The Labute approximate surface area is 171 Å². The van der Waals surface area contributed by atoms with Gasteiger partial charge in [-0.05, 0) is 33.1 Å². The fourth-order valence-corrected chi connectivity index (χ4v) is 4.26. The Morgan fingerprint density at radius 1 is 1.31 bits per heavy atom. The van der Waals surface area contributed by atoms with Crippen LogP contribution in [-0.4, -0.2) is 55.6 Å². The first kappa shape index (κ1) is 20.0. The molecular formula is C21H30N6O2. The quantitative estimate of drug-likeness (QED) is 0.827. The molecule has 4 rings (SSSR count). The van der Waals surface area contributed by atoms with Gasteiger partial charge in [-0.15, -0.1) is 0 Å². The van der Waals surface area contributed by atoms with Gasteiger partial charge in [0.2, 0.25) is 0 Å². The molecule has 8 heteroatoms. The molecule has 29 heavy (non-hydrogen) atoms. The van der Waals surface area contributed by atoms with E-state index in [0.717, 1.165) is 49.6 Å². The van der Waals surface area contributed by atoms with Crippen LogP contribution < -0.4 is 5.32 Å². The second-order valence-electron chi connectivity index (χ2n) is 8.16. The highest BCUT2D eigenvalue weighted by Crippen LogP contribution is 2.40. The van der Waals surface area contributed by atoms with E-state index >= 15 is 0 Å². The number of imidazole rings is 1. The molecule has 2 unspecified atom stereocenters. The first-order chi connectivity index (χ1) is 14.0. The number of carbonyl (C=O) groups is 1. The fraction of sp³-hybridized carbons (Fsp3) is 0.619. The lowest BCUT2D eigenvalue weighted by molar-refractivity contribution is -0.174. The third-order valence-corrected chi connectivity index (χ3v) is 6.24. The molecule has 2 aromatic rings. The van der Waals surface area contributed by atoms with E-state index in [1.54, 1.807) is 12.4 Å². The van der Waals surface area contributed by atoms with Crippen molar-refractivity contribution in [1.29, 1.82) is 0 Å². The van der Waals surface area contributed by atoms with Gasteiger partial charge in [-0.25, -0.2) is 4.98 Å². The van der Waals surface area contributed by atoms with Gasteiger partial charge in [0.05, 0.1) is 30.7 Å². The van der Waals surface area contributed by atoms with Gasteiger partial charge in [0.15, 0.2) is 6.10 Å². The topological polar surface area (TPSA) is 85.2 Å². The first-order valence-electron chi connectivity index (χ1n) is 10.5. The van der Waals surface area contributed by atoms with Crippen LogP contribution in [0.5, 0.6) is 0 Å². The van der Waals surface area contributed by atoms with Crippen LogP contribution in [0.1, 0.15) is 50.3 Å². The number of ether oxygens (including phenoxy) is 1. The summed E-state index contributed by atoms with van der Waals surface area (Å²) < 4.78 is 8.55. The highest BCUT2D eigenvalue weighted by molar-refractivity contribution is 5.80. The molecule has 2 aromatic heterocycles. The van der Waals surface area contributed by atoms with Gasteiger partial charge in [0.25, 0.3) is 5.91 Å². The average molecular weight is 399 g/mol. The number of nitrogens with zero attached hydrogens (tertiary/aromatic N) is 5. The van der Waals surface area contributed by atoms with E-state index in [1.807, 2.05) is 19.3 Å². The molecular weight excluding hydrogens is 368 g/mol. The minimum atomic E-state index is -0.537. The maximum absolute atomic E-state index is 12.9. The van der Waals surface area contributed by atoms with E-state index < -0.39 is 11.7 Å². The van der Waals surface area contributed by atoms with Crippen LogP contribution in [0.2, 0.25) is 0 Å². The van der Waals surface area contributed by atoms with Crippen LogP contribution in [0, 0.1) is 6.92 Å². The molecule has 0 aromatic carbocycles. The molecule has 1 amide bonds. The minimum absolute atomic E-state index is 0.115. The second-order valence-corrected chi connectivity index (χ2v) is 8.16. The number of aryl methyl sites for hydroxylation is 1. The van der Waals surface area contributed by atoms with Gasteiger partial charge in [-0.1, -0.05) is 6.92 Å². The maximum Gasteiger partial charge on any atom is 0.251 e. The summed E-state index contributed by atoms with van der Waals surface area (Å²) in [5.74, 6) is 0.838. The van der Waals surface area contributed by atoms with E-state index in [4.69, 9.17) is 4.74 Å². The van der Waals surface area contributed by atoms with Gasteiger partial charge in [0.1, 0.15) is 11.4 Å². The monoisotopic (exact) mass is 398 g/mol. The SMILES string of the molecule is CCC(C)N1CCC2(CC1)OC(C(=O)NCc1cnc(C)cn1)Cn1ccnc12. The summed E-state index contributed by atoms with van der Waals surface area (Å²) in [6, 6.07) is 0.561. The van der Waals surface area contributed by atoms with Crippen LogP contribution >= 0.6 is 0 Å². The summed E-state index contributed by atoms with van der Waals surface area (Å²) in [6.07, 6.45) is 9.45. The molecule has 1 fully saturated rings. The lowest BCUT2D eigenvalue weighted by Gasteiger charge is -2.46. The third kappa shape index (κ3) is 4.04. The third-order valence-electron chi connectivity index (χ3n) is 6.24. The lowest BCUT2D eigenvalue weighted by atomic mass is 9.87. The van der Waals surface area contributed by atoms with Crippen molar-refractivity contribution >= 4 is 5.91 Å². The number of hydrogen-bond donors (Lipinski definition) is 1. The number of hydrogen-bond acceptors (Lipinski definition) is 6. The molecule has 2 atom stereocenters. The summed E-state index contributed by atoms with van der Waals surface area (Å²) >= 11 is 0. The largest absolute Gasteiger partial charge is 0.352 e. The fourth-order valence-electron chi connectivity index (χ4n) is 4.26. The molecule has 156 valence electrons. The number of aromatic nitrogens is 4. The van der Waals surface area contributed by atoms with Gasteiger partial charge in [0, 0.05) is 37.7 Å². The van der Waals surface area contributed by atoms with E-state index in [9.17, 15) is 4.79 Å². The zero-order valence-electron chi connectivity index (χ0n) is 17.5. The zero-order chi connectivity index (χ0) is 20.4.